The molecule has 0 fully saturated rings. The molecule has 1 amide bonds. The molecule has 2 aromatic heterocycles. The number of carbonyl (C=O) groups excluding carboxylic acids is 1. The lowest BCUT2D eigenvalue weighted by Crippen LogP contribution is -2.29. The number of rotatable bonds is 9. The summed E-state index contributed by atoms with van der Waals surface area (Å²) in [6.45, 7) is 3.07. The van der Waals surface area contributed by atoms with Crippen LogP contribution in [0.15, 0.2) is 67.0 Å². The molecule has 0 saturated carbocycles. The Labute approximate surface area is 209 Å². The number of para-hydroxylation sites is 1. The Balaban J connectivity index is 1.62. The van der Waals surface area contributed by atoms with Crippen molar-refractivity contribution in [3.8, 4) is 28.5 Å². The van der Waals surface area contributed by atoms with Gasteiger partial charge >= 0.3 is 0 Å². The van der Waals surface area contributed by atoms with Crippen LogP contribution in [0.1, 0.15) is 53.0 Å². The minimum absolute atomic E-state index is 0.0981. The molecule has 8 nitrogen and oxygen atoms in total. The van der Waals surface area contributed by atoms with Crippen LogP contribution in [-0.2, 0) is 6.54 Å². The molecular weight excluding hydrogens is 456 g/mol. The van der Waals surface area contributed by atoms with Gasteiger partial charge in [0.2, 0.25) is 0 Å². The number of unbranched alkanes of at least 4 members (excludes halogenated alkanes) is 1. The summed E-state index contributed by atoms with van der Waals surface area (Å²) in [6, 6.07) is 16.1. The predicted octanol–water partition coefficient (Wildman–Crippen LogP) is 5.11. The van der Waals surface area contributed by atoms with Crippen LogP contribution in [0.4, 0.5) is 0 Å². The average Bonchev–Trinajstić information content (AvgIpc) is 3.44. The van der Waals surface area contributed by atoms with Crippen LogP contribution < -0.4 is 9.47 Å². The average molecular weight is 485 g/mol. The third-order valence-electron chi connectivity index (χ3n) is 6.36. The Bertz CT molecular complexity index is 1370. The van der Waals surface area contributed by atoms with E-state index < -0.39 is 6.04 Å². The van der Waals surface area contributed by atoms with Gasteiger partial charge in [-0.15, -0.1) is 0 Å². The Kier molecular flexibility index (Phi) is 6.58. The molecule has 184 valence electrons. The van der Waals surface area contributed by atoms with Gasteiger partial charge in [-0.25, -0.2) is 0 Å². The molecule has 2 N–H and O–H groups in total. The first-order valence-electron chi connectivity index (χ1n) is 12.0. The largest absolute Gasteiger partial charge is 0.507 e. The van der Waals surface area contributed by atoms with Crippen molar-refractivity contribution in [3.05, 3.63) is 89.4 Å². The van der Waals surface area contributed by atoms with Gasteiger partial charge in [0.15, 0.2) is 11.5 Å². The van der Waals surface area contributed by atoms with Crippen LogP contribution in [-0.4, -0.2) is 44.8 Å². The number of nitrogens with one attached hydrogen (secondary N) is 1. The lowest BCUT2D eigenvalue weighted by molar-refractivity contribution is 0.0729. The predicted molar refractivity (Wildman–Crippen MR) is 135 cm³/mol. The molecule has 0 bridgehead atoms. The zero-order valence-corrected chi connectivity index (χ0v) is 20.3. The SMILES string of the molecule is CCCCOc1ccc([C@@H]2c3c(-c4ccccc4O)n[nH]c3C(=O)N2Cc2cccnc2)cc1OC. The van der Waals surface area contributed by atoms with Crippen molar-refractivity contribution in [2.45, 2.75) is 32.4 Å². The molecule has 0 saturated heterocycles. The number of aromatic hydroxyl groups is 1. The highest BCUT2D eigenvalue weighted by molar-refractivity contribution is 6.00. The van der Waals surface area contributed by atoms with E-state index in [4.69, 9.17) is 9.47 Å². The number of pyridine rings is 1. The van der Waals surface area contributed by atoms with Crippen LogP contribution >= 0.6 is 0 Å². The monoisotopic (exact) mass is 484 g/mol. The van der Waals surface area contributed by atoms with E-state index in [-0.39, 0.29) is 11.7 Å². The Morgan fingerprint density at radius 1 is 1.11 bits per heavy atom. The van der Waals surface area contributed by atoms with Gasteiger partial charge < -0.3 is 19.5 Å². The zero-order chi connectivity index (χ0) is 25.1. The molecule has 3 heterocycles. The summed E-state index contributed by atoms with van der Waals surface area (Å²) >= 11 is 0. The number of phenolic OH excluding ortho intramolecular Hbond substituents is 1. The Morgan fingerprint density at radius 3 is 2.72 bits per heavy atom. The summed E-state index contributed by atoms with van der Waals surface area (Å²) in [5, 5.41) is 17.9. The topological polar surface area (TPSA) is 101 Å². The number of H-pyrrole nitrogens is 1. The van der Waals surface area contributed by atoms with Crippen molar-refractivity contribution in [1.82, 2.24) is 20.1 Å². The Hall–Kier alpha value is -4.33. The number of hydrogen-bond acceptors (Lipinski definition) is 6. The first kappa shape index (κ1) is 23.4. The second-order valence-electron chi connectivity index (χ2n) is 8.69. The third kappa shape index (κ3) is 4.26. The lowest BCUT2D eigenvalue weighted by Gasteiger charge is -2.27. The quantitative estimate of drug-likeness (QED) is 0.320. The van der Waals surface area contributed by atoms with Crippen molar-refractivity contribution in [2.24, 2.45) is 0 Å². The van der Waals surface area contributed by atoms with Gasteiger partial charge in [0.05, 0.1) is 19.8 Å². The molecule has 8 heteroatoms. The fourth-order valence-electron chi connectivity index (χ4n) is 4.57. The highest BCUT2D eigenvalue weighted by atomic mass is 16.5. The van der Waals surface area contributed by atoms with Crippen molar-refractivity contribution < 1.29 is 19.4 Å². The number of methoxy groups -OCH3 is 1. The normalized spacial score (nSPS) is 14.7. The van der Waals surface area contributed by atoms with Gasteiger partial charge in [-0.2, -0.15) is 5.10 Å². The number of nitrogens with zero attached hydrogens (tertiary/aromatic N) is 3. The summed E-state index contributed by atoms with van der Waals surface area (Å²) in [5.41, 5.74) is 3.98. The van der Waals surface area contributed by atoms with Crippen molar-refractivity contribution in [3.63, 3.8) is 0 Å². The first-order valence-corrected chi connectivity index (χ1v) is 12.0. The number of hydrogen-bond donors (Lipinski definition) is 2. The van der Waals surface area contributed by atoms with E-state index in [0.29, 0.717) is 47.2 Å². The highest BCUT2D eigenvalue weighted by Crippen LogP contribution is 2.46. The summed E-state index contributed by atoms with van der Waals surface area (Å²) in [4.78, 5) is 19.6. The number of amides is 1. The summed E-state index contributed by atoms with van der Waals surface area (Å²) in [5.74, 6) is 1.18. The number of benzene rings is 2. The molecule has 36 heavy (non-hydrogen) atoms. The molecule has 0 spiro atoms. The minimum atomic E-state index is -0.459. The van der Waals surface area contributed by atoms with Gasteiger partial charge in [0.1, 0.15) is 17.1 Å². The second kappa shape index (κ2) is 10.1. The standard InChI is InChI=1S/C28H28N4O4/c1-3-4-14-36-22-12-11-19(15-23(22)35-2)27-24-25(20-9-5-6-10-21(20)33)30-31-26(24)28(34)32(27)17-18-8-7-13-29-16-18/h5-13,15-16,27,33H,3-4,14,17H2,1-2H3,(H,30,31)/t27-/m1/s1. The van der Waals surface area contributed by atoms with Gasteiger partial charge in [0.25, 0.3) is 5.91 Å². The minimum Gasteiger partial charge on any atom is -0.507 e. The molecule has 0 aliphatic carbocycles. The highest BCUT2D eigenvalue weighted by Gasteiger charge is 2.42. The van der Waals surface area contributed by atoms with E-state index >= 15 is 0 Å². The Morgan fingerprint density at radius 2 is 1.97 bits per heavy atom. The molecule has 0 radical (unpaired) electrons. The maximum atomic E-state index is 13.6. The molecular formula is C28H28N4O4. The van der Waals surface area contributed by atoms with Crippen molar-refractivity contribution >= 4 is 5.91 Å². The lowest BCUT2D eigenvalue weighted by atomic mass is 9.95. The number of phenols is 1. The molecule has 5 rings (SSSR count). The molecule has 2 aromatic carbocycles. The zero-order valence-electron chi connectivity index (χ0n) is 20.3. The van der Waals surface area contributed by atoms with E-state index in [9.17, 15) is 9.90 Å². The van der Waals surface area contributed by atoms with E-state index in [1.54, 1.807) is 42.6 Å². The molecule has 1 aliphatic heterocycles. The maximum absolute atomic E-state index is 13.6. The molecule has 1 aliphatic rings. The van der Waals surface area contributed by atoms with Crippen LogP contribution in [0.25, 0.3) is 11.3 Å². The number of aromatic amines is 1. The summed E-state index contributed by atoms with van der Waals surface area (Å²) in [7, 11) is 1.61. The summed E-state index contributed by atoms with van der Waals surface area (Å²) < 4.78 is 11.6. The van der Waals surface area contributed by atoms with Gasteiger partial charge in [-0.1, -0.05) is 37.6 Å². The maximum Gasteiger partial charge on any atom is 0.273 e. The summed E-state index contributed by atoms with van der Waals surface area (Å²) in [6.07, 6.45) is 5.44. The molecule has 1 atom stereocenters. The van der Waals surface area contributed by atoms with E-state index in [2.05, 4.69) is 22.1 Å². The van der Waals surface area contributed by atoms with Crippen LogP contribution in [0, 0.1) is 0 Å². The number of ether oxygens (including phenoxy) is 2. The molecule has 4 aromatic rings. The van der Waals surface area contributed by atoms with Crippen LogP contribution in [0.5, 0.6) is 17.2 Å². The smallest absolute Gasteiger partial charge is 0.273 e. The van der Waals surface area contributed by atoms with Gasteiger partial charge in [-0.05, 0) is 47.9 Å². The number of fused-ring (bicyclic) bond motifs is 1. The fraction of sp³-hybridized carbons (Fsp3) is 0.250. The molecule has 0 unspecified atom stereocenters. The fourth-order valence-corrected chi connectivity index (χ4v) is 4.57. The number of carbonyl (C=O) groups is 1. The van der Waals surface area contributed by atoms with Gasteiger partial charge in [-0.3, -0.25) is 14.9 Å². The van der Waals surface area contributed by atoms with Gasteiger partial charge in [0, 0.05) is 30.1 Å². The second-order valence-corrected chi connectivity index (χ2v) is 8.69. The number of aromatic nitrogens is 3. The first-order chi connectivity index (χ1) is 17.6. The van der Waals surface area contributed by atoms with E-state index in [1.165, 1.54) is 0 Å². The van der Waals surface area contributed by atoms with Crippen molar-refractivity contribution in [2.75, 3.05) is 13.7 Å². The van der Waals surface area contributed by atoms with Crippen LogP contribution in [0.3, 0.4) is 0 Å². The van der Waals surface area contributed by atoms with Crippen molar-refractivity contribution in [1.29, 1.82) is 0 Å². The van der Waals surface area contributed by atoms with E-state index in [0.717, 1.165) is 24.0 Å². The van der Waals surface area contributed by atoms with E-state index in [1.807, 2.05) is 36.4 Å². The third-order valence-corrected chi connectivity index (χ3v) is 6.36. The van der Waals surface area contributed by atoms with Crippen LogP contribution in [0.2, 0.25) is 0 Å².